The van der Waals surface area contributed by atoms with E-state index < -0.39 is 0 Å². The van der Waals surface area contributed by atoms with Gasteiger partial charge in [0.05, 0.1) is 10.0 Å². The van der Waals surface area contributed by atoms with Crippen molar-refractivity contribution >= 4 is 54.2 Å². The molecule has 1 aliphatic rings. The number of phenolic OH excluding ortho intramolecular Hbond substituents is 1. The molecular formula is C24H26BrN3O3S. The molecule has 0 radical (unpaired) electrons. The van der Waals surface area contributed by atoms with Crippen LogP contribution in [0.5, 0.6) is 5.75 Å². The van der Waals surface area contributed by atoms with Crippen LogP contribution in [0.2, 0.25) is 0 Å². The maximum Gasteiger partial charge on any atom is 0.256 e. The van der Waals surface area contributed by atoms with Crippen LogP contribution < -0.4 is 10.6 Å². The number of anilines is 1. The van der Waals surface area contributed by atoms with E-state index in [2.05, 4.69) is 38.4 Å². The third-order valence-corrected chi connectivity index (χ3v) is 7.51. The first-order valence-corrected chi connectivity index (χ1v) is 12.3. The molecular weight excluding hydrogens is 490 g/mol. The smallest absolute Gasteiger partial charge is 0.256 e. The lowest BCUT2D eigenvalue weighted by Gasteiger charge is -2.30. The summed E-state index contributed by atoms with van der Waals surface area (Å²) in [5.41, 5.74) is 2.10. The number of likely N-dealkylation sites (tertiary alicyclic amines) is 1. The van der Waals surface area contributed by atoms with Crippen molar-refractivity contribution in [1.82, 2.24) is 10.2 Å². The standard InChI is InChI=1S/C24H26BrN3O3S/c1-14-4-3-9-28(12-14)13-15-5-7-16(8-6-15)22(30)27-24-21(23(31)26-2)17-10-18(25)19(29)11-20(17)32-24/h5-8,10-11,14,29H,3-4,9,12-13H2,1-2H3,(H,26,31)(H,27,30). The number of halogens is 1. The van der Waals surface area contributed by atoms with Crippen LogP contribution in [0.15, 0.2) is 40.9 Å². The van der Waals surface area contributed by atoms with E-state index in [1.807, 2.05) is 24.3 Å². The number of hydrogen-bond donors (Lipinski definition) is 3. The first-order chi connectivity index (χ1) is 15.4. The van der Waals surface area contributed by atoms with E-state index in [9.17, 15) is 14.7 Å². The maximum absolute atomic E-state index is 12.9. The highest BCUT2D eigenvalue weighted by Crippen LogP contribution is 2.40. The van der Waals surface area contributed by atoms with Crippen LogP contribution in [0.3, 0.4) is 0 Å². The molecule has 1 aromatic heterocycles. The topological polar surface area (TPSA) is 81.7 Å². The van der Waals surface area contributed by atoms with Crippen molar-refractivity contribution in [3.05, 3.63) is 57.6 Å². The second kappa shape index (κ2) is 9.60. The minimum absolute atomic E-state index is 0.0822. The Morgan fingerprint density at radius 3 is 2.66 bits per heavy atom. The summed E-state index contributed by atoms with van der Waals surface area (Å²) in [6, 6.07) is 10.9. The van der Waals surface area contributed by atoms with Crippen LogP contribution in [-0.4, -0.2) is 42.0 Å². The average Bonchev–Trinajstić information content (AvgIpc) is 3.10. The number of benzene rings is 2. The molecule has 1 atom stereocenters. The molecule has 8 heteroatoms. The lowest BCUT2D eigenvalue weighted by Crippen LogP contribution is -2.33. The van der Waals surface area contributed by atoms with Crippen molar-refractivity contribution in [1.29, 1.82) is 0 Å². The fraction of sp³-hybridized carbons (Fsp3) is 0.333. The molecule has 32 heavy (non-hydrogen) atoms. The molecule has 0 aliphatic carbocycles. The van der Waals surface area contributed by atoms with Crippen molar-refractivity contribution in [2.24, 2.45) is 5.92 Å². The molecule has 2 heterocycles. The quantitative estimate of drug-likeness (QED) is 0.435. The minimum Gasteiger partial charge on any atom is -0.507 e. The van der Waals surface area contributed by atoms with Gasteiger partial charge in [-0.15, -0.1) is 11.3 Å². The molecule has 3 N–H and O–H groups in total. The van der Waals surface area contributed by atoms with Crippen LogP contribution in [0.25, 0.3) is 10.1 Å². The Labute approximate surface area is 199 Å². The number of nitrogens with one attached hydrogen (secondary N) is 2. The number of piperidine rings is 1. The van der Waals surface area contributed by atoms with Gasteiger partial charge in [0, 0.05) is 35.8 Å². The van der Waals surface area contributed by atoms with Crippen molar-refractivity contribution in [2.45, 2.75) is 26.3 Å². The monoisotopic (exact) mass is 515 g/mol. The Morgan fingerprint density at radius 1 is 1.22 bits per heavy atom. The molecule has 2 amide bonds. The summed E-state index contributed by atoms with van der Waals surface area (Å²) < 4.78 is 1.20. The molecule has 6 nitrogen and oxygen atoms in total. The molecule has 1 saturated heterocycles. The molecule has 2 aromatic carbocycles. The lowest BCUT2D eigenvalue weighted by atomic mass is 9.99. The van der Waals surface area contributed by atoms with Gasteiger partial charge in [0.25, 0.3) is 11.8 Å². The van der Waals surface area contributed by atoms with E-state index in [1.54, 1.807) is 19.2 Å². The largest absolute Gasteiger partial charge is 0.507 e. The number of thiophene rings is 1. The van der Waals surface area contributed by atoms with Crippen LogP contribution in [-0.2, 0) is 6.54 Å². The van der Waals surface area contributed by atoms with E-state index >= 15 is 0 Å². The highest BCUT2D eigenvalue weighted by molar-refractivity contribution is 9.10. The number of hydrogen-bond acceptors (Lipinski definition) is 5. The van der Waals surface area contributed by atoms with Gasteiger partial charge in [-0.3, -0.25) is 14.5 Å². The Kier molecular flexibility index (Phi) is 6.83. The molecule has 0 bridgehead atoms. The molecule has 168 valence electrons. The zero-order valence-corrected chi connectivity index (χ0v) is 20.5. The van der Waals surface area contributed by atoms with Crippen LogP contribution in [0.1, 0.15) is 46.0 Å². The molecule has 1 fully saturated rings. The number of fused-ring (bicyclic) bond motifs is 1. The predicted molar refractivity (Wildman–Crippen MR) is 133 cm³/mol. The normalized spacial score (nSPS) is 16.8. The number of phenols is 1. The number of nitrogens with zero attached hydrogens (tertiary/aromatic N) is 1. The number of carbonyl (C=O) groups excluding carboxylic acids is 2. The van der Waals surface area contributed by atoms with E-state index in [1.165, 1.54) is 29.7 Å². The zero-order chi connectivity index (χ0) is 22.8. The average molecular weight is 516 g/mol. The van der Waals surface area contributed by atoms with E-state index in [4.69, 9.17) is 0 Å². The summed E-state index contributed by atoms with van der Waals surface area (Å²) in [5.74, 6) is 0.240. The third-order valence-electron chi connectivity index (χ3n) is 5.80. The summed E-state index contributed by atoms with van der Waals surface area (Å²) >= 11 is 4.56. The van der Waals surface area contributed by atoms with Gasteiger partial charge in [0.1, 0.15) is 10.8 Å². The van der Waals surface area contributed by atoms with Crippen molar-refractivity contribution < 1.29 is 14.7 Å². The Hall–Kier alpha value is -2.42. The SMILES string of the molecule is CNC(=O)c1c(NC(=O)c2ccc(CN3CCCC(C)C3)cc2)sc2cc(O)c(Br)cc12. The zero-order valence-electron chi connectivity index (χ0n) is 18.1. The van der Waals surface area contributed by atoms with Crippen molar-refractivity contribution in [2.75, 3.05) is 25.5 Å². The van der Waals surface area contributed by atoms with Crippen molar-refractivity contribution in [3.8, 4) is 5.75 Å². The van der Waals surface area contributed by atoms with Crippen LogP contribution in [0.4, 0.5) is 5.00 Å². The van der Waals surface area contributed by atoms with Gasteiger partial charge in [-0.05, 0) is 71.1 Å². The maximum atomic E-state index is 12.9. The summed E-state index contributed by atoms with van der Waals surface area (Å²) in [5, 5.41) is 16.6. The number of carbonyl (C=O) groups is 2. The number of aromatic hydroxyl groups is 1. The fourth-order valence-electron chi connectivity index (χ4n) is 4.17. The van der Waals surface area contributed by atoms with Gasteiger partial charge in [-0.2, -0.15) is 0 Å². The molecule has 1 unspecified atom stereocenters. The second-order valence-electron chi connectivity index (χ2n) is 8.32. The third kappa shape index (κ3) is 4.82. The van der Waals surface area contributed by atoms with Gasteiger partial charge in [-0.1, -0.05) is 19.1 Å². The Bertz CT molecular complexity index is 1160. The van der Waals surface area contributed by atoms with E-state index in [0.29, 0.717) is 30.7 Å². The first kappa shape index (κ1) is 22.8. The van der Waals surface area contributed by atoms with Crippen LogP contribution in [0, 0.1) is 5.92 Å². The van der Waals surface area contributed by atoms with Gasteiger partial charge >= 0.3 is 0 Å². The molecule has 4 rings (SSSR count). The molecule has 3 aromatic rings. The Morgan fingerprint density at radius 2 is 1.97 bits per heavy atom. The highest BCUT2D eigenvalue weighted by Gasteiger charge is 2.22. The van der Waals surface area contributed by atoms with Gasteiger partial charge < -0.3 is 15.7 Å². The highest BCUT2D eigenvalue weighted by atomic mass is 79.9. The molecule has 1 aliphatic heterocycles. The van der Waals surface area contributed by atoms with Crippen LogP contribution >= 0.6 is 27.3 Å². The summed E-state index contributed by atoms with van der Waals surface area (Å²) in [4.78, 5) is 27.9. The fourth-order valence-corrected chi connectivity index (χ4v) is 5.62. The number of rotatable bonds is 5. The van der Waals surface area contributed by atoms with E-state index in [0.717, 1.165) is 25.6 Å². The summed E-state index contributed by atoms with van der Waals surface area (Å²) in [6.07, 6.45) is 2.53. The number of amides is 2. The summed E-state index contributed by atoms with van der Waals surface area (Å²) in [7, 11) is 1.55. The Balaban J connectivity index is 1.54. The first-order valence-electron chi connectivity index (χ1n) is 10.7. The minimum atomic E-state index is -0.296. The molecule has 0 spiro atoms. The second-order valence-corrected chi connectivity index (χ2v) is 10.2. The predicted octanol–water partition coefficient (Wildman–Crippen LogP) is 5.21. The van der Waals surface area contributed by atoms with Gasteiger partial charge in [0.15, 0.2) is 0 Å². The van der Waals surface area contributed by atoms with Gasteiger partial charge in [-0.25, -0.2) is 0 Å². The van der Waals surface area contributed by atoms with Crippen molar-refractivity contribution in [3.63, 3.8) is 0 Å². The lowest BCUT2D eigenvalue weighted by molar-refractivity contribution is 0.0966. The molecule has 0 saturated carbocycles. The van der Waals surface area contributed by atoms with E-state index in [-0.39, 0.29) is 17.6 Å². The van der Waals surface area contributed by atoms with Gasteiger partial charge in [0.2, 0.25) is 0 Å². The summed E-state index contributed by atoms with van der Waals surface area (Å²) in [6.45, 7) is 5.41.